The summed E-state index contributed by atoms with van der Waals surface area (Å²) in [6.07, 6.45) is 8.97. The van der Waals surface area contributed by atoms with Gasteiger partial charge >= 0.3 is 5.97 Å². The third kappa shape index (κ3) is 5.25. The fourth-order valence-electron chi connectivity index (χ4n) is 6.63. The number of ether oxygens (including phenoxy) is 1. The van der Waals surface area contributed by atoms with Gasteiger partial charge < -0.3 is 19.6 Å². The number of likely N-dealkylation sites (tertiary alicyclic amines) is 1. The van der Waals surface area contributed by atoms with E-state index in [1.807, 2.05) is 13.8 Å². The average Bonchev–Trinajstić information content (AvgIpc) is 3.45. The van der Waals surface area contributed by atoms with Gasteiger partial charge in [-0.2, -0.15) is 0 Å². The number of amides is 2. The quantitative estimate of drug-likeness (QED) is 0.193. The van der Waals surface area contributed by atoms with Gasteiger partial charge in [-0.3, -0.25) is 14.4 Å². The SMILES string of the molecule is C=CCCCOC(=O)[C@H]1[C@H]2C(=O)N([C@@H](CO)[C@@H](C)CC)C(C(=O)N(CC=C)CCCC)C23CC[C@]1(C)S3. The minimum atomic E-state index is -0.724. The summed E-state index contributed by atoms with van der Waals surface area (Å²) in [4.78, 5) is 45.6. The first-order valence-electron chi connectivity index (χ1n) is 14.0. The van der Waals surface area contributed by atoms with Crippen molar-refractivity contribution in [3.63, 3.8) is 0 Å². The Kier molecular flexibility index (Phi) is 9.95. The Hall–Kier alpha value is -1.80. The van der Waals surface area contributed by atoms with Gasteiger partial charge in [-0.05, 0) is 44.9 Å². The van der Waals surface area contributed by atoms with Crippen LogP contribution in [0, 0.1) is 17.8 Å². The zero-order valence-corrected chi connectivity index (χ0v) is 23.9. The molecule has 2 bridgehead atoms. The molecular formula is C29H46N2O5S. The molecule has 0 aromatic carbocycles. The molecule has 3 rings (SSSR count). The smallest absolute Gasteiger partial charge is 0.311 e. The molecule has 37 heavy (non-hydrogen) atoms. The third-order valence-corrected chi connectivity index (χ3v) is 10.8. The van der Waals surface area contributed by atoms with Crippen LogP contribution in [-0.4, -0.2) is 80.6 Å². The maximum Gasteiger partial charge on any atom is 0.311 e. The molecule has 0 radical (unpaired) electrons. The molecule has 7 atom stereocenters. The van der Waals surface area contributed by atoms with E-state index in [1.165, 1.54) is 0 Å². The molecule has 3 aliphatic rings. The molecule has 208 valence electrons. The molecule has 8 heteroatoms. The van der Waals surface area contributed by atoms with Gasteiger partial charge in [0.15, 0.2) is 0 Å². The van der Waals surface area contributed by atoms with E-state index in [0.29, 0.717) is 32.5 Å². The largest absolute Gasteiger partial charge is 0.465 e. The van der Waals surface area contributed by atoms with Gasteiger partial charge in [0.1, 0.15) is 6.04 Å². The Balaban J connectivity index is 2.06. The summed E-state index contributed by atoms with van der Waals surface area (Å²) in [5.74, 6) is -1.86. The van der Waals surface area contributed by atoms with Crippen molar-refractivity contribution in [3.05, 3.63) is 25.3 Å². The van der Waals surface area contributed by atoms with E-state index in [-0.39, 0.29) is 30.3 Å². The molecule has 0 saturated carbocycles. The first kappa shape index (κ1) is 29.8. The molecule has 3 aliphatic heterocycles. The van der Waals surface area contributed by atoms with E-state index in [1.54, 1.807) is 33.7 Å². The number of rotatable bonds is 15. The number of nitrogens with zero attached hydrogens (tertiary/aromatic N) is 2. The van der Waals surface area contributed by atoms with E-state index in [9.17, 15) is 19.5 Å². The number of aliphatic hydroxyl groups excluding tert-OH is 1. The lowest BCUT2D eigenvalue weighted by atomic mass is 9.66. The number of esters is 1. The maximum absolute atomic E-state index is 14.3. The number of unbranched alkanes of at least 4 members (excludes halogenated alkanes) is 2. The minimum Gasteiger partial charge on any atom is -0.465 e. The second-order valence-electron chi connectivity index (χ2n) is 11.1. The number of thioether (sulfide) groups is 1. The van der Waals surface area contributed by atoms with Crippen LogP contribution in [0.15, 0.2) is 25.3 Å². The van der Waals surface area contributed by atoms with Crippen molar-refractivity contribution in [1.29, 1.82) is 0 Å². The van der Waals surface area contributed by atoms with Crippen LogP contribution in [0.25, 0.3) is 0 Å². The van der Waals surface area contributed by atoms with Crippen LogP contribution in [0.1, 0.15) is 72.6 Å². The Morgan fingerprint density at radius 1 is 1.27 bits per heavy atom. The number of hydrogen-bond acceptors (Lipinski definition) is 6. The van der Waals surface area contributed by atoms with Crippen molar-refractivity contribution in [2.24, 2.45) is 17.8 Å². The van der Waals surface area contributed by atoms with Crippen LogP contribution in [0.5, 0.6) is 0 Å². The predicted molar refractivity (Wildman–Crippen MR) is 148 cm³/mol. The topological polar surface area (TPSA) is 87.1 Å². The van der Waals surface area contributed by atoms with Gasteiger partial charge in [0.25, 0.3) is 0 Å². The highest BCUT2D eigenvalue weighted by Crippen LogP contribution is 2.72. The van der Waals surface area contributed by atoms with E-state index < -0.39 is 33.4 Å². The zero-order valence-electron chi connectivity index (χ0n) is 23.1. The number of carbonyl (C=O) groups is 3. The van der Waals surface area contributed by atoms with Crippen molar-refractivity contribution in [2.45, 2.75) is 94.2 Å². The van der Waals surface area contributed by atoms with E-state index >= 15 is 0 Å². The summed E-state index contributed by atoms with van der Waals surface area (Å²) in [6, 6.07) is -1.21. The molecule has 7 nitrogen and oxygen atoms in total. The molecule has 1 spiro atoms. The molecule has 0 aromatic rings. The highest BCUT2D eigenvalue weighted by Gasteiger charge is 2.78. The first-order valence-corrected chi connectivity index (χ1v) is 14.8. The molecule has 3 heterocycles. The maximum atomic E-state index is 14.3. The molecule has 1 N–H and O–H groups in total. The van der Waals surface area contributed by atoms with Crippen LogP contribution in [0.3, 0.4) is 0 Å². The average molecular weight is 535 g/mol. The third-order valence-electron chi connectivity index (χ3n) is 8.79. The summed E-state index contributed by atoms with van der Waals surface area (Å²) < 4.78 is 4.53. The van der Waals surface area contributed by atoms with Gasteiger partial charge in [0.2, 0.25) is 11.8 Å². The number of fused-ring (bicyclic) bond motifs is 1. The van der Waals surface area contributed by atoms with Crippen LogP contribution >= 0.6 is 11.8 Å². The van der Waals surface area contributed by atoms with Crippen molar-refractivity contribution >= 4 is 29.5 Å². The summed E-state index contributed by atoms with van der Waals surface area (Å²) >= 11 is 1.65. The van der Waals surface area contributed by atoms with Crippen LogP contribution in [-0.2, 0) is 19.1 Å². The van der Waals surface area contributed by atoms with E-state index in [2.05, 4.69) is 27.0 Å². The second-order valence-corrected chi connectivity index (χ2v) is 13.0. The Bertz CT molecular complexity index is 880. The summed E-state index contributed by atoms with van der Waals surface area (Å²) in [6.45, 7) is 16.8. The lowest BCUT2D eigenvalue weighted by molar-refractivity contribution is -0.156. The van der Waals surface area contributed by atoms with Crippen LogP contribution in [0.4, 0.5) is 0 Å². The Labute approximate surface area is 227 Å². The van der Waals surface area contributed by atoms with E-state index in [0.717, 1.165) is 32.1 Å². The molecule has 2 unspecified atom stereocenters. The lowest BCUT2D eigenvalue weighted by Gasteiger charge is -2.41. The molecule has 3 fully saturated rings. The summed E-state index contributed by atoms with van der Waals surface area (Å²) in [7, 11) is 0. The predicted octanol–water partition coefficient (Wildman–Crippen LogP) is 4.20. The molecule has 2 amide bonds. The first-order chi connectivity index (χ1) is 17.7. The van der Waals surface area contributed by atoms with Gasteiger partial charge in [-0.15, -0.1) is 24.9 Å². The number of aliphatic hydroxyl groups is 1. The number of hydrogen-bond donors (Lipinski definition) is 1. The van der Waals surface area contributed by atoms with Crippen molar-refractivity contribution in [2.75, 3.05) is 26.3 Å². The van der Waals surface area contributed by atoms with Crippen molar-refractivity contribution < 1.29 is 24.2 Å². The van der Waals surface area contributed by atoms with Crippen molar-refractivity contribution in [1.82, 2.24) is 9.80 Å². The zero-order chi connectivity index (χ0) is 27.4. The molecule has 0 aliphatic carbocycles. The van der Waals surface area contributed by atoms with Crippen LogP contribution in [0.2, 0.25) is 0 Å². The highest BCUT2D eigenvalue weighted by atomic mass is 32.2. The fraction of sp³-hybridized carbons (Fsp3) is 0.759. The molecule has 0 aromatic heterocycles. The fourth-order valence-corrected chi connectivity index (χ4v) is 8.96. The van der Waals surface area contributed by atoms with Crippen molar-refractivity contribution in [3.8, 4) is 0 Å². The van der Waals surface area contributed by atoms with Gasteiger partial charge in [0, 0.05) is 17.8 Å². The Morgan fingerprint density at radius 2 is 2.00 bits per heavy atom. The minimum absolute atomic E-state index is 0.00469. The lowest BCUT2D eigenvalue weighted by Crippen LogP contribution is -2.58. The number of carbonyl (C=O) groups excluding carboxylic acids is 3. The van der Waals surface area contributed by atoms with Gasteiger partial charge in [-0.1, -0.05) is 45.8 Å². The number of allylic oxidation sites excluding steroid dienone is 1. The molecule has 3 saturated heterocycles. The van der Waals surface area contributed by atoms with E-state index in [4.69, 9.17) is 4.74 Å². The second kappa shape index (κ2) is 12.4. The summed E-state index contributed by atoms with van der Waals surface area (Å²) in [5, 5.41) is 10.5. The van der Waals surface area contributed by atoms with Gasteiger partial charge in [0.05, 0.1) is 35.8 Å². The highest BCUT2D eigenvalue weighted by molar-refractivity contribution is 8.02. The monoisotopic (exact) mass is 534 g/mol. The van der Waals surface area contributed by atoms with Gasteiger partial charge in [-0.25, -0.2) is 0 Å². The molecular weight excluding hydrogens is 488 g/mol. The summed E-state index contributed by atoms with van der Waals surface area (Å²) in [5.41, 5.74) is 0. The standard InChI is InChI=1S/C29H46N2O5S/c1-7-11-13-18-36-27(35)23-22-25(33)31(21(19-32)20(5)10-4)24(29(22)15-14-28(23,6)37-29)26(34)30(16-9-3)17-12-8-2/h7,9,20-24,32H,1,3,8,10-19H2,2,4-6H3/t20-,21-,22-,23+,24?,28-,29?/m0/s1. The van der Waals surface area contributed by atoms with Crippen LogP contribution < -0.4 is 0 Å². The normalized spacial score (nSPS) is 31.6. The Morgan fingerprint density at radius 3 is 2.59 bits per heavy atom.